The van der Waals surface area contributed by atoms with Crippen LogP contribution in [-0.4, -0.2) is 20.6 Å². The van der Waals surface area contributed by atoms with Gasteiger partial charge in [-0.1, -0.05) is 6.07 Å². The number of anilines is 2. The molecule has 0 spiro atoms. The Morgan fingerprint density at radius 2 is 1.47 bits per heavy atom. The van der Waals surface area contributed by atoms with Crippen LogP contribution >= 0.6 is 0 Å². The lowest BCUT2D eigenvalue weighted by Crippen LogP contribution is -1.91. The molecule has 1 aromatic rings. The summed E-state index contributed by atoms with van der Waals surface area (Å²) in [6.07, 6.45) is 0. The number of rotatable bonds is 0. The van der Waals surface area contributed by atoms with E-state index in [0.717, 1.165) is 16.9 Å². The van der Waals surface area contributed by atoms with E-state index in [0.29, 0.717) is 0 Å². The monoisotopic (exact) mass is 248 g/mol. The van der Waals surface area contributed by atoms with E-state index in [4.69, 9.17) is 42.1 Å². The van der Waals surface area contributed by atoms with Gasteiger partial charge in [-0.15, -0.1) is 20.2 Å². The molecular weight excluding hydrogens is 236 g/mol. The molecule has 0 bridgehead atoms. The highest BCUT2D eigenvalue weighted by Crippen LogP contribution is 2.13. The van der Waals surface area contributed by atoms with Gasteiger partial charge in [0.2, 0.25) is 0 Å². The highest BCUT2D eigenvalue weighted by atomic mass is 16.9. The number of hydrogen-bond donors (Lipinski definition) is 4. The second-order valence-electron chi connectivity index (χ2n) is 2.59. The zero-order valence-corrected chi connectivity index (χ0v) is 8.81. The molecule has 0 radical (unpaired) electrons. The maximum atomic E-state index is 8.36. The van der Waals surface area contributed by atoms with Crippen LogP contribution < -0.4 is 11.5 Å². The average Bonchev–Trinajstić information content (AvgIpc) is 2.10. The van der Waals surface area contributed by atoms with Gasteiger partial charge < -0.3 is 21.9 Å². The molecule has 0 heterocycles. The Morgan fingerprint density at radius 3 is 1.71 bits per heavy atom. The fourth-order valence-electron chi connectivity index (χ4n) is 0.659. The molecule has 1 rings (SSSR count). The molecule has 0 aliphatic heterocycles. The third-order valence-corrected chi connectivity index (χ3v) is 1.30. The first-order chi connectivity index (χ1) is 7.66. The van der Waals surface area contributed by atoms with Crippen LogP contribution in [-0.2, 0) is 0 Å². The van der Waals surface area contributed by atoms with E-state index in [2.05, 4.69) is 0 Å². The van der Waals surface area contributed by atoms with Gasteiger partial charge in [-0.2, -0.15) is 0 Å². The zero-order valence-electron chi connectivity index (χ0n) is 8.81. The number of nitrogens with zero attached hydrogens (tertiary/aromatic N) is 2. The molecule has 0 atom stereocenters. The Hall–Kier alpha value is -2.78. The van der Waals surface area contributed by atoms with Crippen molar-refractivity contribution < 1.29 is 20.6 Å². The van der Waals surface area contributed by atoms with Crippen molar-refractivity contribution >= 4 is 11.4 Å². The number of nitrogens with two attached hydrogens (primary N) is 2. The molecule has 0 amide bonds. The second-order valence-corrected chi connectivity index (χ2v) is 2.59. The van der Waals surface area contributed by atoms with Crippen LogP contribution in [0.25, 0.3) is 0 Å². The standard InChI is InChI=1S/C7H10N2.2HNO3/c1-5-2-3-6(8)4-7(5)9;2*2-1(3)4/h2-4H,8-9H2,1H3;2*(H,2,3,4). The Labute approximate surface area is 95.3 Å². The van der Waals surface area contributed by atoms with Crippen LogP contribution in [0.1, 0.15) is 5.56 Å². The van der Waals surface area contributed by atoms with E-state index in [1.54, 1.807) is 6.07 Å². The van der Waals surface area contributed by atoms with Crippen molar-refractivity contribution in [3.8, 4) is 0 Å². The Morgan fingerprint density at radius 1 is 1.12 bits per heavy atom. The third kappa shape index (κ3) is 15.9. The van der Waals surface area contributed by atoms with Gasteiger partial charge in [-0.05, 0) is 24.6 Å². The van der Waals surface area contributed by atoms with E-state index in [-0.39, 0.29) is 0 Å². The van der Waals surface area contributed by atoms with E-state index >= 15 is 0 Å². The van der Waals surface area contributed by atoms with Gasteiger partial charge in [-0.3, -0.25) is 0 Å². The molecule has 0 saturated carbocycles. The third-order valence-electron chi connectivity index (χ3n) is 1.30. The summed E-state index contributed by atoms with van der Waals surface area (Å²) < 4.78 is 0. The number of aryl methyl sites for hydroxylation is 1. The Bertz CT molecular complexity index is 363. The van der Waals surface area contributed by atoms with Crippen molar-refractivity contribution in [1.29, 1.82) is 0 Å². The van der Waals surface area contributed by atoms with Crippen molar-refractivity contribution in [3.63, 3.8) is 0 Å². The first kappa shape index (κ1) is 16.6. The van der Waals surface area contributed by atoms with Gasteiger partial charge >= 0.3 is 0 Å². The van der Waals surface area contributed by atoms with Crippen molar-refractivity contribution in [1.82, 2.24) is 0 Å². The lowest BCUT2D eigenvalue weighted by atomic mass is 10.2. The lowest BCUT2D eigenvalue weighted by Gasteiger charge is -1.98. The summed E-state index contributed by atoms with van der Waals surface area (Å²) in [6.45, 7) is 1.95. The fourth-order valence-corrected chi connectivity index (χ4v) is 0.659. The summed E-state index contributed by atoms with van der Waals surface area (Å²) in [4.78, 5) is 16.7. The minimum Gasteiger partial charge on any atom is -0.399 e. The SMILES string of the molecule is Cc1ccc(N)cc1N.O=[N+]([O-])O.O=[N+]([O-])O. The fraction of sp³-hybridized carbons (Fsp3) is 0.143. The van der Waals surface area contributed by atoms with E-state index < -0.39 is 10.2 Å². The van der Waals surface area contributed by atoms with Gasteiger partial charge in [0.05, 0.1) is 0 Å². The lowest BCUT2D eigenvalue weighted by molar-refractivity contribution is -0.742. The topological polar surface area (TPSA) is 179 Å². The van der Waals surface area contributed by atoms with E-state index in [9.17, 15) is 0 Å². The summed E-state index contributed by atoms with van der Waals surface area (Å²) in [5.74, 6) is 0. The van der Waals surface area contributed by atoms with Crippen molar-refractivity contribution in [2.24, 2.45) is 0 Å². The minimum absolute atomic E-state index is 0.720. The largest absolute Gasteiger partial charge is 0.399 e. The molecule has 0 aliphatic carbocycles. The first-order valence-electron chi connectivity index (χ1n) is 3.95. The molecule has 6 N–H and O–H groups in total. The summed E-state index contributed by atoms with van der Waals surface area (Å²) in [6, 6.07) is 5.51. The summed E-state index contributed by atoms with van der Waals surface area (Å²) in [5, 5.41) is 27.3. The van der Waals surface area contributed by atoms with Gasteiger partial charge in [0.15, 0.2) is 0 Å². The predicted molar refractivity (Wildman–Crippen MR) is 57.6 cm³/mol. The maximum absolute atomic E-state index is 8.36. The van der Waals surface area contributed by atoms with Gasteiger partial charge in [-0.25, -0.2) is 0 Å². The van der Waals surface area contributed by atoms with Crippen LogP contribution in [0.5, 0.6) is 0 Å². The molecule has 10 nitrogen and oxygen atoms in total. The van der Waals surface area contributed by atoms with Crippen LogP contribution in [0.3, 0.4) is 0 Å². The summed E-state index contributed by atoms with van der Waals surface area (Å²) in [7, 11) is 0. The second kappa shape index (κ2) is 8.52. The summed E-state index contributed by atoms with van der Waals surface area (Å²) in [5.41, 5.74) is 13.5. The van der Waals surface area contributed by atoms with Gasteiger partial charge in [0.1, 0.15) is 0 Å². The van der Waals surface area contributed by atoms with Gasteiger partial charge in [0, 0.05) is 11.4 Å². The molecule has 0 fully saturated rings. The molecule has 96 valence electrons. The molecule has 0 saturated heterocycles. The van der Waals surface area contributed by atoms with Crippen LogP contribution in [0.4, 0.5) is 11.4 Å². The highest BCUT2D eigenvalue weighted by molar-refractivity contribution is 5.55. The molecule has 0 aromatic heterocycles. The number of benzene rings is 1. The Kier molecular flexibility index (Phi) is 8.34. The minimum atomic E-state index is -1.50. The molecular formula is C7H12N4O6. The Balaban J connectivity index is 0. The number of hydrogen-bond acceptors (Lipinski definition) is 6. The molecule has 10 heteroatoms. The molecule has 0 aliphatic rings. The molecule has 17 heavy (non-hydrogen) atoms. The predicted octanol–water partition coefficient (Wildman–Crippen LogP) is 0.464. The number of nitrogen functional groups attached to an aromatic ring is 2. The van der Waals surface area contributed by atoms with Crippen LogP contribution in [0.2, 0.25) is 0 Å². The quantitative estimate of drug-likeness (QED) is 0.290. The van der Waals surface area contributed by atoms with Crippen molar-refractivity contribution in [3.05, 3.63) is 44.0 Å². The average molecular weight is 248 g/mol. The van der Waals surface area contributed by atoms with E-state index in [1.807, 2.05) is 19.1 Å². The normalized spacial score (nSPS) is 7.82. The van der Waals surface area contributed by atoms with Crippen molar-refractivity contribution in [2.45, 2.75) is 6.92 Å². The maximum Gasteiger partial charge on any atom is 0.291 e. The first-order valence-corrected chi connectivity index (χ1v) is 3.95. The van der Waals surface area contributed by atoms with Crippen LogP contribution in [0, 0.1) is 27.2 Å². The highest BCUT2D eigenvalue weighted by Gasteiger charge is 1.90. The van der Waals surface area contributed by atoms with Gasteiger partial charge in [0.25, 0.3) is 10.2 Å². The smallest absolute Gasteiger partial charge is 0.291 e. The van der Waals surface area contributed by atoms with E-state index in [1.165, 1.54) is 0 Å². The van der Waals surface area contributed by atoms with Crippen molar-refractivity contribution in [2.75, 3.05) is 11.5 Å². The molecule has 1 aromatic carbocycles. The summed E-state index contributed by atoms with van der Waals surface area (Å²) >= 11 is 0. The zero-order chi connectivity index (χ0) is 14.0. The van der Waals surface area contributed by atoms with Crippen LogP contribution in [0.15, 0.2) is 18.2 Å². The molecule has 0 unspecified atom stereocenters.